The standard InChI is InChI=1S/C27H28FN3O4/c1-3-34-25-16-20(7-12-24(25)35-18-21-6-4-5-19(2)15-21)17-29-31-27(33)14-13-26(32)30-23-10-8-22(28)9-11-23/h4-12,15-17H,3,13-14,18H2,1-2H3,(H,30,32)(H,31,33). The number of benzene rings is 3. The summed E-state index contributed by atoms with van der Waals surface area (Å²) in [7, 11) is 0. The SMILES string of the molecule is CCOc1cc(C=NNC(=O)CCC(=O)Nc2ccc(F)cc2)ccc1OCc1cccc(C)c1. The van der Waals surface area contributed by atoms with E-state index in [9.17, 15) is 14.0 Å². The van der Waals surface area contributed by atoms with Gasteiger partial charge in [0.1, 0.15) is 12.4 Å². The fraction of sp³-hybridized carbons (Fsp3) is 0.222. The van der Waals surface area contributed by atoms with Crippen LogP contribution in [0.4, 0.5) is 10.1 Å². The van der Waals surface area contributed by atoms with Gasteiger partial charge in [-0.1, -0.05) is 29.8 Å². The van der Waals surface area contributed by atoms with Gasteiger partial charge in [-0.2, -0.15) is 5.10 Å². The van der Waals surface area contributed by atoms with Crippen LogP contribution in [0.2, 0.25) is 0 Å². The molecule has 0 unspecified atom stereocenters. The van der Waals surface area contributed by atoms with Crippen LogP contribution in [-0.2, 0) is 16.2 Å². The molecule has 0 aromatic heterocycles. The smallest absolute Gasteiger partial charge is 0.240 e. The van der Waals surface area contributed by atoms with E-state index in [1.54, 1.807) is 18.2 Å². The zero-order valence-corrected chi connectivity index (χ0v) is 19.7. The van der Waals surface area contributed by atoms with Gasteiger partial charge in [0.25, 0.3) is 0 Å². The lowest BCUT2D eigenvalue weighted by atomic mass is 10.1. The first kappa shape index (κ1) is 25.4. The first-order valence-corrected chi connectivity index (χ1v) is 11.3. The fourth-order valence-electron chi connectivity index (χ4n) is 3.17. The second-order valence-electron chi connectivity index (χ2n) is 7.77. The van der Waals surface area contributed by atoms with E-state index >= 15 is 0 Å². The quantitative estimate of drug-likeness (QED) is 0.301. The van der Waals surface area contributed by atoms with Gasteiger partial charge < -0.3 is 14.8 Å². The van der Waals surface area contributed by atoms with Crippen LogP contribution in [0.3, 0.4) is 0 Å². The summed E-state index contributed by atoms with van der Waals surface area (Å²) in [5, 5.41) is 6.56. The van der Waals surface area contributed by atoms with E-state index in [2.05, 4.69) is 21.9 Å². The Balaban J connectivity index is 1.49. The zero-order chi connectivity index (χ0) is 25.0. The van der Waals surface area contributed by atoms with Gasteiger partial charge in [0.2, 0.25) is 11.8 Å². The van der Waals surface area contributed by atoms with E-state index in [0.717, 1.165) is 5.56 Å². The number of amides is 2. The van der Waals surface area contributed by atoms with Crippen molar-refractivity contribution in [3.63, 3.8) is 0 Å². The molecule has 2 N–H and O–H groups in total. The molecule has 0 aliphatic heterocycles. The summed E-state index contributed by atoms with van der Waals surface area (Å²) in [5.41, 5.74) is 5.81. The van der Waals surface area contributed by atoms with Crippen LogP contribution >= 0.6 is 0 Å². The predicted molar refractivity (Wildman–Crippen MR) is 133 cm³/mol. The van der Waals surface area contributed by atoms with E-state index in [0.29, 0.717) is 36.0 Å². The molecule has 0 heterocycles. The third-order valence-corrected chi connectivity index (χ3v) is 4.85. The third-order valence-electron chi connectivity index (χ3n) is 4.85. The Labute approximate surface area is 204 Å². The van der Waals surface area contributed by atoms with Gasteiger partial charge in [0.15, 0.2) is 11.5 Å². The summed E-state index contributed by atoms with van der Waals surface area (Å²) in [6.45, 7) is 4.81. The average Bonchev–Trinajstić information content (AvgIpc) is 2.84. The van der Waals surface area contributed by atoms with E-state index in [4.69, 9.17) is 9.47 Å². The highest BCUT2D eigenvalue weighted by molar-refractivity contribution is 5.93. The molecule has 0 bridgehead atoms. The number of nitrogens with zero attached hydrogens (tertiary/aromatic N) is 1. The molecule has 3 rings (SSSR count). The number of hydrogen-bond acceptors (Lipinski definition) is 5. The van der Waals surface area contributed by atoms with Crippen molar-refractivity contribution in [3.8, 4) is 11.5 Å². The van der Waals surface area contributed by atoms with Gasteiger partial charge >= 0.3 is 0 Å². The highest BCUT2D eigenvalue weighted by Gasteiger charge is 2.08. The largest absolute Gasteiger partial charge is 0.490 e. The number of anilines is 1. The number of carbonyl (C=O) groups is 2. The zero-order valence-electron chi connectivity index (χ0n) is 19.7. The predicted octanol–water partition coefficient (Wildman–Crippen LogP) is 4.98. The van der Waals surface area contributed by atoms with Gasteiger partial charge in [0.05, 0.1) is 12.8 Å². The minimum Gasteiger partial charge on any atom is -0.490 e. The highest BCUT2D eigenvalue weighted by Crippen LogP contribution is 2.29. The van der Waals surface area contributed by atoms with Crippen LogP contribution in [0, 0.1) is 12.7 Å². The fourth-order valence-corrected chi connectivity index (χ4v) is 3.17. The lowest BCUT2D eigenvalue weighted by Gasteiger charge is -2.13. The lowest BCUT2D eigenvalue weighted by molar-refractivity contribution is -0.124. The molecule has 0 fully saturated rings. The first-order chi connectivity index (χ1) is 16.9. The minimum atomic E-state index is -0.404. The van der Waals surface area contributed by atoms with Crippen molar-refractivity contribution in [1.82, 2.24) is 5.43 Å². The number of nitrogens with one attached hydrogen (secondary N) is 2. The molecule has 0 saturated carbocycles. The molecule has 0 aliphatic rings. The van der Waals surface area contributed by atoms with Crippen molar-refractivity contribution < 1.29 is 23.5 Å². The van der Waals surface area contributed by atoms with Crippen molar-refractivity contribution >= 4 is 23.7 Å². The molecule has 0 spiro atoms. The van der Waals surface area contributed by atoms with Gasteiger partial charge in [-0.3, -0.25) is 9.59 Å². The number of carbonyl (C=O) groups excluding carboxylic acids is 2. The molecule has 182 valence electrons. The topological polar surface area (TPSA) is 89.0 Å². The highest BCUT2D eigenvalue weighted by atomic mass is 19.1. The van der Waals surface area contributed by atoms with Gasteiger partial charge in [-0.25, -0.2) is 9.82 Å². The molecule has 0 aliphatic carbocycles. The molecular formula is C27H28FN3O4. The Morgan fingerprint density at radius 3 is 2.46 bits per heavy atom. The first-order valence-electron chi connectivity index (χ1n) is 11.3. The second-order valence-corrected chi connectivity index (χ2v) is 7.77. The van der Waals surface area contributed by atoms with Crippen molar-refractivity contribution in [3.05, 3.63) is 89.2 Å². The minimum absolute atomic E-state index is 0.0276. The van der Waals surface area contributed by atoms with Crippen molar-refractivity contribution in [2.24, 2.45) is 5.10 Å². The monoisotopic (exact) mass is 477 g/mol. The van der Waals surface area contributed by atoms with E-state index in [-0.39, 0.29) is 18.7 Å². The number of rotatable bonds is 11. The van der Waals surface area contributed by atoms with Crippen LogP contribution < -0.4 is 20.2 Å². The van der Waals surface area contributed by atoms with Gasteiger partial charge in [-0.15, -0.1) is 0 Å². The Morgan fingerprint density at radius 1 is 0.943 bits per heavy atom. The Morgan fingerprint density at radius 2 is 1.71 bits per heavy atom. The normalized spacial score (nSPS) is 10.7. The maximum Gasteiger partial charge on any atom is 0.240 e. The molecule has 3 aromatic rings. The molecule has 2 amide bonds. The van der Waals surface area contributed by atoms with Crippen LogP contribution in [0.25, 0.3) is 0 Å². The van der Waals surface area contributed by atoms with Gasteiger partial charge in [0, 0.05) is 18.5 Å². The number of hydrazone groups is 1. The molecule has 0 saturated heterocycles. The number of aryl methyl sites for hydroxylation is 1. The molecule has 0 atom stereocenters. The van der Waals surface area contributed by atoms with Crippen LogP contribution in [0.15, 0.2) is 71.8 Å². The van der Waals surface area contributed by atoms with E-state index in [1.165, 1.54) is 36.0 Å². The van der Waals surface area contributed by atoms with E-state index in [1.807, 2.05) is 32.0 Å². The molecular weight excluding hydrogens is 449 g/mol. The van der Waals surface area contributed by atoms with Gasteiger partial charge in [-0.05, 0) is 67.4 Å². The summed E-state index contributed by atoms with van der Waals surface area (Å²) < 4.78 is 24.6. The van der Waals surface area contributed by atoms with Crippen LogP contribution in [-0.4, -0.2) is 24.6 Å². The Kier molecular flexibility index (Phi) is 9.36. The molecule has 0 radical (unpaired) electrons. The molecule has 7 nitrogen and oxygen atoms in total. The summed E-state index contributed by atoms with van der Waals surface area (Å²) in [6.07, 6.45) is 1.42. The average molecular weight is 478 g/mol. The summed E-state index contributed by atoms with van der Waals surface area (Å²) in [5.74, 6) is 0.0460. The summed E-state index contributed by atoms with van der Waals surface area (Å²) in [4.78, 5) is 23.9. The second kappa shape index (κ2) is 12.9. The number of ether oxygens (including phenoxy) is 2. The third kappa shape index (κ3) is 8.58. The van der Waals surface area contributed by atoms with Crippen molar-refractivity contribution in [1.29, 1.82) is 0 Å². The van der Waals surface area contributed by atoms with Crippen molar-refractivity contribution in [2.75, 3.05) is 11.9 Å². The lowest BCUT2D eigenvalue weighted by Crippen LogP contribution is -2.20. The van der Waals surface area contributed by atoms with Crippen LogP contribution in [0.5, 0.6) is 11.5 Å². The Hall–Kier alpha value is -4.20. The Bertz CT molecular complexity index is 1180. The molecule has 3 aromatic carbocycles. The summed E-state index contributed by atoms with van der Waals surface area (Å²) >= 11 is 0. The number of halogens is 1. The maximum absolute atomic E-state index is 12.9. The maximum atomic E-state index is 12.9. The van der Waals surface area contributed by atoms with Crippen LogP contribution in [0.1, 0.15) is 36.5 Å². The van der Waals surface area contributed by atoms with Crippen molar-refractivity contribution in [2.45, 2.75) is 33.3 Å². The molecule has 35 heavy (non-hydrogen) atoms. The molecule has 8 heteroatoms. The number of hydrogen-bond donors (Lipinski definition) is 2. The van der Waals surface area contributed by atoms with E-state index < -0.39 is 11.7 Å². The summed E-state index contributed by atoms with van der Waals surface area (Å²) in [6, 6.07) is 18.9.